The Hall–Kier alpha value is -2.59. The highest BCUT2D eigenvalue weighted by atomic mass is 32.2. The van der Waals surface area contributed by atoms with Crippen LogP contribution in [0.3, 0.4) is 0 Å². The van der Waals surface area contributed by atoms with E-state index in [0.717, 1.165) is 18.7 Å². The molecular formula is C57H93F10NO15S5Si2. The molecule has 6 atom stereocenters. The van der Waals surface area contributed by atoms with E-state index in [2.05, 4.69) is 0 Å². The number of hydrogen-bond acceptors (Lipinski definition) is 21. The maximum Gasteiger partial charge on any atom is 0.384 e. The molecule has 524 valence electrons. The predicted octanol–water partition coefficient (Wildman–Crippen LogP) is 13.9. The van der Waals surface area contributed by atoms with Crippen molar-refractivity contribution in [2.75, 3.05) is 97.0 Å². The first-order chi connectivity index (χ1) is 41.5. The lowest BCUT2D eigenvalue weighted by Gasteiger charge is -2.38. The summed E-state index contributed by atoms with van der Waals surface area (Å²) in [6, 6.07) is 2.88. The fourth-order valence-electron chi connectivity index (χ4n) is 9.22. The predicted molar refractivity (Wildman–Crippen MR) is 338 cm³/mol. The number of rotatable bonds is 49. The van der Waals surface area contributed by atoms with Gasteiger partial charge >= 0.3 is 74.0 Å². The van der Waals surface area contributed by atoms with Gasteiger partial charge in [0.2, 0.25) is 0 Å². The molecule has 0 aliphatic carbocycles. The number of carbonyl (C=O) groups excluding carboxylic acids is 6. The minimum Gasteiger partial charge on any atom is -0.465 e. The largest absolute Gasteiger partial charge is 0.465 e. The topological polar surface area (TPSA) is 209 Å². The molecule has 0 spiro atoms. The van der Waals surface area contributed by atoms with Crippen LogP contribution in [0.2, 0.25) is 31.7 Å². The van der Waals surface area contributed by atoms with Gasteiger partial charge in [-0.05, 0) is 166 Å². The molecule has 0 saturated carbocycles. The van der Waals surface area contributed by atoms with Gasteiger partial charge < -0.3 is 41.7 Å². The second-order valence-electron chi connectivity index (χ2n) is 23.6. The number of alkyl halides is 10. The van der Waals surface area contributed by atoms with Gasteiger partial charge in [-0.25, -0.2) is 0 Å². The summed E-state index contributed by atoms with van der Waals surface area (Å²) in [5.74, 6) is -44.3. The molecule has 0 aromatic heterocycles. The van der Waals surface area contributed by atoms with Gasteiger partial charge in [0.05, 0.1) is 86.6 Å². The van der Waals surface area contributed by atoms with Gasteiger partial charge in [-0.1, -0.05) is 12.2 Å². The Kier molecular flexibility index (Phi) is 39.6. The van der Waals surface area contributed by atoms with Crippen LogP contribution < -0.4 is 0 Å². The molecule has 0 heterocycles. The zero-order valence-electron chi connectivity index (χ0n) is 54.0. The van der Waals surface area contributed by atoms with Crippen LogP contribution in [0, 0.1) is 45.8 Å². The molecule has 0 fully saturated rings. The third-order valence-electron chi connectivity index (χ3n) is 14.7. The van der Waals surface area contributed by atoms with Crippen molar-refractivity contribution in [1.29, 1.82) is 5.26 Å². The third-order valence-corrected chi connectivity index (χ3v) is 23.7. The van der Waals surface area contributed by atoms with Gasteiger partial charge in [0.1, 0.15) is 5.25 Å². The maximum absolute atomic E-state index is 15.1. The lowest BCUT2D eigenvalue weighted by atomic mass is 9.68. The summed E-state index contributed by atoms with van der Waals surface area (Å²) in [4.78, 5) is 86.8. The lowest BCUT2D eigenvalue weighted by molar-refractivity contribution is -0.399. The van der Waals surface area contributed by atoms with Gasteiger partial charge in [-0.3, -0.25) is 28.8 Å². The van der Waals surface area contributed by atoms with E-state index < -0.39 is 174 Å². The van der Waals surface area contributed by atoms with E-state index in [0.29, 0.717) is 52.8 Å². The molecule has 0 N–H and O–H groups in total. The van der Waals surface area contributed by atoms with Crippen LogP contribution in [0.5, 0.6) is 0 Å². The van der Waals surface area contributed by atoms with E-state index in [4.69, 9.17) is 53.9 Å². The van der Waals surface area contributed by atoms with Crippen molar-refractivity contribution in [1.82, 2.24) is 0 Å². The number of nitriles is 1. The van der Waals surface area contributed by atoms with E-state index in [-0.39, 0.29) is 52.3 Å². The highest BCUT2D eigenvalue weighted by Crippen LogP contribution is 2.57. The highest BCUT2D eigenvalue weighted by Gasteiger charge is 2.85. The van der Waals surface area contributed by atoms with Crippen LogP contribution >= 0.6 is 59.3 Å². The summed E-state index contributed by atoms with van der Waals surface area (Å²) in [6.45, 7) is 7.37. The zero-order chi connectivity index (χ0) is 69.6. The molecule has 16 nitrogen and oxygen atoms in total. The molecule has 0 rings (SSSR count). The summed E-state index contributed by atoms with van der Waals surface area (Å²) in [7, 11) is -0.270. The van der Waals surface area contributed by atoms with Crippen molar-refractivity contribution in [3.05, 3.63) is 0 Å². The minimum absolute atomic E-state index is 0.0669. The SMILES string of the molecule is CO[Si](C)(C)CCCOC(=O)C(CC(CC(CC(SC(C)=S)C(=O)OCCC[Si](C)(OC)OC)C(=O)OCCCSC)C(=O)OCCCSC)CC(CC(C)(CC(C)(C)C#N)C(=O)OCCC(F)(F)C(F)(F)C(F)(F)C(F)(F)C(C)(F)F)C(=O)OCCCSC. The van der Waals surface area contributed by atoms with Crippen molar-refractivity contribution in [2.24, 2.45) is 34.5 Å². The lowest BCUT2D eigenvalue weighted by Crippen LogP contribution is -2.66. The number of esters is 6. The number of hydrogen-bond donors (Lipinski definition) is 0. The molecule has 0 aromatic rings. The number of thiocarbonyl (C=S) groups is 1. The van der Waals surface area contributed by atoms with Crippen molar-refractivity contribution in [2.45, 2.75) is 178 Å². The van der Waals surface area contributed by atoms with Crippen LogP contribution in [0.1, 0.15) is 112 Å². The summed E-state index contributed by atoms with van der Waals surface area (Å²) >= 11 is 10.7. The van der Waals surface area contributed by atoms with Gasteiger partial charge in [0, 0.05) is 32.4 Å². The number of halogens is 10. The van der Waals surface area contributed by atoms with Gasteiger partial charge in [-0.15, -0.1) is 11.8 Å². The minimum atomic E-state index is -7.36. The summed E-state index contributed by atoms with van der Waals surface area (Å²) in [6.07, 6.45) is 1.01. The zero-order valence-corrected chi connectivity index (χ0v) is 60.1. The average molecular weight is 1440 g/mol. The van der Waals surface area contributed by atoms with Crippen LogP contribution in [0.25, 0.3) is 0 Å². The monoisotopic (exact) mass is 1440 g/mol. The quantitative estimate of drug-likeness (QED) is 0.0138. The standard InChI is InChI=1S/C57H93F10NO15S5Si2/c1-39(84)88-44(49(73)82-25-19-31-90(14,76-7)77-8)35-42(47(71)79-22-16-28-86-10)33-40(45(69)78-21-15-27-85-9)32-41(46(70)81-24-18-30-89(12,13)75-6)34-43(48(72)80-23-17-29-87-11)36-52(4,37-51(2,3)38-68)50(74)83-26-20-54(60,61)56(64,65)57(66,67)55(62,63)53(5,58)59/h40-44H,15-37H2,1-14H3. The summed E-state index contributed by atoms with van der Waals surface area (Å²) < 4.78 is 195. The molecule has 0 aromatic carbocycles. The maximum atomic E-state index is 15.1. The Balaban J connectivity index is 8.26. The van der Waals surface area contributed by atoms with Gasteiger partial charge in [-0.2, -0.15) is 84.5 Å². The molecular weight excluding hydrogens is 1350 g/mol. The van der Waals surface area contributed by atoms with E-state index in [1.165, 1.54) is 70.5 Å². The number of carbonyl (C=O) groups is 6. The van der Waals surface area contributed by atoms with Crippen molar-refractivity contribution in [3.63, 3.8) is 0 Å². The number of ether oxygens (including phenoxy) is 6. The molecule has 0 aliphatic heterocycles. The van der Waals surface area contributed by atoms with Crippen LogP contribution in [0.15, 0.2) is 0 Å². The molecule has 0 radical (unpaired) electrons. The van der Waals surface area contributed by atoms with Crippen molar-refractivity contribution >= 4 is 116 Å². The number of nitrogens with zero attached hydrogens (tertiary/aromatic N) is 1. The first-order valence-corrected chi connectivity index (χ1v) is 40.2. The molecule has 0 bridgehead atoms. The second kappa shape index (κ2) is 40.7. The van der Waals surface area contributed by atoms with Crippen LogP contribution in [-0.2, 0) is 70.5 Å². The van der Waals surface area contributed by atoms with E-state index in [1.54, 1.807) is 13.2 Å². The smallest absolute Gasteiger partial charge is 0.384 e. The molecule has 0 saturated heterocycles. The Labute approximate surface area is 548 Å². The Morgan fingerprint density at radius 2 is 0.911 bits per heavy atom. The Bertz CT molecular complexity index is 2290. The van der Waals surface area contributed by atoms with E-state index >= 15 is 8.78 Å². The van der Waals surface area contributed by atoms with Crippen LogP contribution in [0.4, 0.5) is 43.9 Å². The summed E-state index contributed by atoms with van der Waals surface area (Å²) in [5.41, 5.74) is -3.87. The second-order valence-corrected chi connectivity index (χ2v) is 36.8. The Morgan fingerprint density at radius 3 is 1.30 bits per heavy atom. The highest BCUT2D eigenvalue weighted by molar-refractivity contribution is 8.23. The van der Waals surface area contributed by atoms with Gasteiger partial charge in [0.25, 0.3) is 0 Å². The molecule has 6 unspecified atom stereocenters. The van der Waals surface area contributed by atoms with Crippen LogP contribution in [-0.4, -0.2) is 189 Å². The Morgan fingerprint density at radius 1 is 0.522 bits per heavy atom. The normalized spacial score (nSPS) is 15.3. The molecule has 0 amide bonds. The van der Waals surface area contributed by atoms with Gasteiger partial charge in [0.15, 0.2) is 8.32 Å². The van der Waals surface area contributed by atoms with E-state index in [1.807, 2.05) is 38.2 Å². The first-order valence-electron chi connectivity index (χ1n) is 29.1. The first kappa shape index (κ1) is 87.4. The molecule has 90 heavy (non-hydrogen) atoms. The molecule has 0 aliphatic rings. The summed E-state index contributed by atoms with van der Waals surface area (Å²) in [5, 5.41) is 9.05. The fourth-order valence-corrected chi connectivity index (χ4v) is 14.2. The third kappa shape index (κ3) is 29.6. The van der Waals surface area contributed by atoms with Crippen molar-refractivity contribution < 1.29 is 114 Å². The average Bonchev–Trinajstić information content (AvgIpc) is 0.732. The van der Waals surface area contributed by atoms with E-state index in [9.17, 15) is 69.2 Å². The molecule has 33 heteroatoms. The van der Waals surface area contributed by atoms with Crippen molar-refractivity contribution in [3.8, 4) is 6.07 Å². The number of thioether (sulfide) groups is 4. The fraction of sp³-hybridized carbons (Fsp3) is 0.860.